The molecule has 0 N–H and O–H groups in total. The maximum Gasteiger partial charge on any atom is 0.245 e. The second kappa shape index (κ2) is 7.47. The number of hydrogen-bond acceptors (Lipinski definition) is 6. The highest BCUT2D eigenvalue weighted by atomic mass is 32.2. The fraction of sp³-hybridized carbons (Fsp3) is 0.333. The van der Waals surface area contributed by atoms with Gasteiger partial charge in [0, 0.05) is 44.6 Å². The van der Waals surface area contributed by atoms with Gasteiger partial charge in [0.25, 0.3) is 0 Å². The van der Waals surface area contributed by atoms with Crippen LogP contribution in [0.1, 0.15) is 12.8 Å². The van der Waals surface area contributed by atoms with Gasteiger partial charge in [-0.1, -0.05) is 18.2 Å². The van der Waals surface area contributed by atoms with Gasteiger partial charge in [0.2, 0.25) is 10.0 Å². The predicted molar refractivity (Wildman–Crippen MR) is 110 cm³/mol. The molecule has 1 aromatic heterocycles. The van der Waals surface area contributed by atoms with Gasteiger partial charge in [0.15, 0.2) is 11.6 Å². The minimum Gasteiger partial charge on any atom is -0.358 e. The SMILES string of the molecule is O=S(=O)(c1ccccc1)N1CCOC12CCN(c1cnc3cc(F)c(F)cc3n1)CC2. The summed E-state index contributed by atoms with van der Waals surface area (Å²) in [5, 5.41) is 0. The van der Waals surface area contributed by atoms with Crippen LogP contribution in [-0.4, -0.2) is 54.7 Å². The Balaban J connectivity index is 1.38. The molecule has 2 aliphatic heterocycles. The fourth-order valence-corrected chi connectivity index (χ4v) is 6.03. The molecule has 31 heavy (non-hydrogen) atoms. The summed E-state index contributed by atoms with van der Waals surface area (Å²) in [6.45, 7) is 1.62. The molecule has 2 saturated heterocycles. The van der Waals surface area contributed by atoms with Crippen LogP contribution in [0, 0.1) is 11.6 Å². The Kier molecular flexibility index (Phi) is 4.87. The lowest BCUT2D eigenvalue weighted by Gasteiger charge is -2.43. The predicted octanol–water partition coefficient (Wildman–Crippen LogP) is 2.93. The Morgan fingerprint density at radius 3 is 2.35 bits per heavy atom. The molecule has 0 aliphatic carbocycles. The number of piperidine rings is 1. The lowest BCUT2D eigenvalue weighted by atomic mass is 10.0. The van der Waals surface area contributed by atoms with Crippen LogP contribution < -0.4 is 4.90 Å². The molecule has 0 amide bonds. The van der Waals surface area contributed by atoms with E-state index >= 15 is 0 Å². The van der Waals surface area contributed by atoms with Crippen molar-refractivity contribution in [1.29, 1.82) is 0 Å². The van der Waals surface area contributed by atoms with Crippen LogP contribution in [0.25, 0.3) is 11.0 Å². The number of benzene rings is 2. The van der Waals surface area contributed by atoms with Crippen molar-refractivity contribution >= 4 is 26.9 Å². The maximum atomic E-state index is 13.6. The highest BCUT2D eigenvalue weighted by Gasteiger charge is 2.50. The van der Waals surface area contributed by atoms with Gasteiger partial charge in [0.1, 0.15) is 11.5 Å². The highest BCUT2D eigenvalue weighted by Crippen LogP contribution is 2.39. The summed E-state index contributed by atoms with van der Waals surface area (Å²) in [6.07, 6.45) is 2.43. The first-order valence-corrected chi connectivity index (χ1v) is 11.4. The molecule has 5 rings (SSSR count). The lowest BCUT2D eigenvalue weighted by molar-refractivity contribution is -0.0665. The number of aromatic nitrogens is 2. The molecule has 0 unspecified atom stereocenters. The summed E-state index contributed by atoms with van der Waals surface area (Å²) >= 11 is 0. The van der Waals surface area contributed by atoms with Gasteiger partial charge in [0.05, 0.1) is 28.7 Å². The third-order valence-electron chi connectivity index (χ3n) is 5.89. The van der Waals surface area contributed by atoms with E-state index in [1.54, 1.807) is 30.3 Å². The van der Waals surface area contributed by atoms with Crippen LogP contribution in [0.2, 0.25) is 0 Å². The molecular formula is C21H20F2N4O3S. The first-order valence-electron chi connectivity index (χ1n) is 9.98. The van der Waals surface area contributed by atoms with Crippen LogP contribution in [0.4, 0.5) is 14.6 Å². The third kappa shape index (κ3) is 3.44. The summed E-state index contributed by atoms with van der Waals surface area (Å²) in [7, 11) is -3.68. The Hall–Kier alpha value is -2.69. The molecule has 0 atom stereocenters. The van der Waals surface area contributed by atoms with Crippen LogP contribution >= 0.6 is 0 Å². The Bertz CT molecular complexity index is 1230. The van der Waals surface area contributed by atoms with E-state index in [-0.39, 0.29) is 15.9 Å². The molecule has 162 valence electrons. The number of anilines is 1. The van der Waals surface area contributed by atoms with Gasteiger partial charge in [-0.3, -0.25) is 4.98 Å². The van der Waals surface area contributed by atoms with Crippen molar-refractivity contribution in [3.63, 3.8) is 0 Å². The van der Waals surface area contributed by atoms with Crippen LogP contribution in [0.15, 0.2) is 53.6 Å². The number of halogens is 2. The zero-order valence-corrected chi connectivity index (χ0v) is 17.4. The second-order valence-electron chi connectivity index (χ2n) is 7.66. The number of ether oxygens (including phenoxy) is 1. The van der Waals surface area contributed by atoms with E-state index in [2.05, 4.69) is 9.97 Å². The van der Waals surface area contributed by atoms with E-state index in [0.717, 1.165) is 12.1 Å². The molecule has 1 spiro atoms. The van der Waals surface area contributed by atoms with Crippen LogP contribution in [-0.2, 0) is 14.8 Å². The average molecular weight is 446 g/mol. The van der Waals surface area contributed by atoms with Crippen molar-refractivity contribution < 1.29 is 21.9 Å². The van der Waals surface area contributed by atoms with Gasteiger partial charge < -0.3 is 9.64 Å². The van der Waals surface area contributed by atoms with Gasteiger partial charge in [-0.15, -0.1) is 0 Å². The van der Waals surface area contributed by atoms with Crippen molar-refractivity contribution in [2.24, 2.45) is 0 Å². The second-order valence-corrected chi connectivity index (χ2v) is 9.52. The van der Waals surface area contributed by atoms with Crippen molar-refractivity contribution in [2.75, 3.05) is 31.1 Å². The summed E-state index contributed by atoms with van der Waals surface area (Å²) < 4.78 is 60.9. The monoisotopic (exact) mass is 446 g/mol. The summed E-state index contributed by atoms with van der Waals surface area (Å²) in [5.74, 6) is -1.41. The molecule has 7 nitrogen and oxygen atoms in total. The van der Waals surface area contributed by atoms with Gasteiger partial charge in [-0.25, -0.2) is 22.2 Å². The molecule has 3 heterocycles. The number of sulfonamides is 1. The van der Waals surface area contributed by atoms with Crippen LogP contribution in [0.5, 0.6) is 0 Å². The number of rotatable bonds is 3. The Morgan fingerprint density at radius 1 is 0.968 bits per heavy atom. The lowest BCUT2D eigenvalue weighted by Crippen LogP contribution is -2.55. The molecule has 3 aromatic rings. The first kappa shape index (κ1) is 20.2. The van der Waals surface area contributed by atoms with Gasteiger partial charge in [-0.05, 0) is 12.1 Å². The van der Waals surface area contributed by atoms with E-state index in [9.17, 15) is 17.2 Å². The van der Waals surface area contributed by atoms with Crippen molar-refractivity contribution in [1.82, 2.24) is 14.3 Å². The average Bonchev–Trinajstić information content (AvgIpc) is 3.19. The molecule has 2 aromatic carbocycles. The minimum absolute atomic E-state index is 0.247. The van der Waals surface area contributed by atoms with Crippen molar-refractivity contribution in [3.05, 3.63) is 60.3 Å². The van der Waals surface area contributed by atoms with E-state index in [4.69, 9.17) is 4.74 Å². The molecule has 0 bridgehead atoms. The van der Waals surface area contributed by atoms with Gasteiger partial charge in [-0.2, -0.15) is 4.31 Å². The number of hydrogen-bond donors (Lipinski definition) is 0. The zero-order chi connectivity index (χ0) is 21.6. The van der Waals surface area contributed by atoms with E-state index in [1.807, 2.05) is 4.90 Å². The smallest absolute Gasteiger partial charge is 0.245 e. The van der Waals surface area contributed by atoms with E-state index in [0.29, 0.717) is 44.9 Å². The first-order chi connectivity index (χ1) is 14.9. The summed E-state index contributed by atoms with van der Waals surface area (Å²) in [6, 6.07) is 10.4. The molecule has 10 heteroatoms. The number of nitrogens with zero attached hydrogens (tertiary/aromatic N) is 4. The minimum atomic E-state index is -3.68. The van der Waals surface area contributed by atoms with E-state index in [1.165, 1.54) is 10.5 Å². The van der Waals surface area contributed by atoms with Crippen molar-refractivity contribution in [2.45, 2.75) is 23.5 Å². The Labute approximate surface area is 178 Å². The summed E-state index contributed by atoms with van der Waals surface area (Å²) in [5.41, 5.74) is -0.359. The molecular weight excluding hydrogens is 426 g/mol. The normalized spacial score (nSPS) is 19.4. The zero-order valence-electron chi connectivity index (χ0n) is 16.5. The maximum absolute atomic E-state index is 13.6. The standard InChI is InChI=1S/C21H20F2N4O3S/c22-16-12-18-19(13-17(16)23)25-20(14-24-18)26-8-6-21(7-9-26)27(10-11-30-21)31(28,29)15-4-2-1-3-5-15/h1-5,12-14H,6-11H2. The summed E-state index contributed by atoms with van der Waals surface area (Å²) in [4.78, 5) is 10.8. The largest absolute Gasteiger partial charge is 0.358 e. The molecule has 2 aliphatic rings. The van der Waals surface area contributed by atoms with E-state index < -0.39 is 27.4 Å². The van der Waals surface area contributed by atoms with Crippen molar-refractivity contribution in [3.8, 4) is 0 Å². The van der Waals surface area contributed by atoms with Crippen LogP contribution in [0.3, 0.4) is 0 Å². The van der Waals surface area contributed by atoms with Gasteiger partial charge >= 0.3 is 0 Å². The Morgan fingerprint density at radius 2 is 1.65 bits per heavy atom. The fourth-order valence-electron chi connectivity index (χ4n) is 4.28. The topological polar surface area (TPSA) is 75.6 Å². The molecule has 0 saturated carbocycles. The third-order valence-corrected chi connectivity index (χ3v) is 7.85. The quantitative estimate of drug-likeness (QED) is 0.616. The number of fused-ring (bicyclic) bond motifs is 1. The molecule has 2 fully saturated rings. The molecule has 0 radical (unpaired) electrons. The highest BCUT2D eigenvalue weighted by molar-refractivity contribution is 7.89.